The normalized spacial score (nSPS) is 10.4. The van der Waals surface area contributed by atoms with E-state index in [4.69, 9.17) is 5.11 Å². The van der Waals surface area contributed by atoms with E-state index in [0.717, 1.165) is 5.01 Å². The second-order valence-electron chi connectivity index (χ2n) is 4.70. The number of thiazole rings is 1. The number of amides is 1. The minimum Gasteiger partial charge on any atom is -0.480 e. The largest absolute Gasteiger partial charge is 0.480 e. The Kier molecular flexibility index (Phi) is 5.60. The molecule has 1 aromatic carbocycles. The summed E-state index contributed by atoms with van der Waals surface area (Å²) < 4.78 is 12.9. The number of carboxylic acid groups (broad SMARTS) is 1. The van der Waals surface area contributed by atoms with Crippen LogP contribution in [0.15, 0.2) is 35.8 Å². The number of halogens is 1. The predicted molar refractivity (Wildman–Crippen MR) is 79.9 cm³/mol. The van der Waals surface area contributed by atoms with Crippen molar-refractivity contribution in [1.29, 1.82) is 0 Å². The van der Waals surface area contributed by atoms with Gasteiger partial charge in [-0.15, -0.1) is 11.3 Å². The first-order valence-electron chi connectivity index (χ1n) is 6.67. The Morgan fingerprint density at radius 2 is 2.00 bits per heavy atom. The minimum atomic E-state index is -1.08. The van der Waals surface area contributed by atoms with Gasteiger partial charge in [0.15, 0.2) is 0 Å². The van der Waals surface area contributed by atoms with Gasteiger partial charge >= 0.3 is 5.97 Å². The Hall–Kier alpha value is -2.28. The molecular weight excluding hydrogens is 307 g/mol. The first-order valence-corrected chi connectivity index (χ1v) is 7.55. The van der Waals surface area contributed by atoms with Gasteiger partial charge in [-0.05, 0) is 17.7 Å². The van der Waals surface area contributed by atoms with Crippen LogP contribution < -0.4 is 0 Å². The number of benzene rings is 1. The van der Waals surface area contributed by atoms with Crippen molar-refractivity contribution in [1.82, 2.24) is 9.88 Å². The van der Waals surface area contributed by atoms with Crippen molar-refractivity contribution in [2.45, 2.75) is 19.4 Å². The van der Waals surface area contributed by atoms with E-state index in [1.165, 1.54) is 40.5 Å². The molecule has 0 unspecified atom stereocenters. The molecule has 1 heterocycles. The van der Waals surface area contributed by atoms with E-state index in [9.17, 15) is 14.0 Å². The van der Waals surface area contributed by atoms with Gasteiger partial charge in [-0.2, -0.15) is 0 Å². The summed E-state index contributed by atoms with van der Waals surface area (Å²) >= 11 is 1.46. The number of carbonyl (C=O) groups is 2. The van der Waals surface area contributed by atoms with Crippen molar-refractivity contribution in [3.05, 3.63) is 52.2 Å². The average Bonchev–Trinajstić information content (AvgIpc) is 2.99. The fraction of sp³-hybridized carbons (Fsp3) is 0.267. The summed E-state index contributed by atoms with van der Waals surface area (Å²) in [7, 11) is 0. The molecule has 7 heteroatoms. The zero-order valence-electron chi connectivity index (χ0n) is 11.7. The van der Waals surface area contributed by atoms with Crippen LogP contribution in [0, 0.1) is 5.82 Å². The van der Waals surface area contributed by atoms with Gasteiger partial charge in [-0.3, -0.25) is 9.59 Å². The molecule has 0 aliphatic heterocycles. The number of rotatable bonds is 7. The second kappa shape index (κ2) is 7.65. The molecule has 1 N–H and O–H groups in total. The van der Waals surface area contributed by atoms with Crippen molar-refractivity contribution < 1.29 is 19.1 Å². The third-order valence-electron chi connectivity index (χ3n) is 3.00. The Balaban J connectivity index is 1.99. The Morgan fingerprint density at radius 1 is 1.27 bits per heavy atom. The Morgan fingerprint density at radius 3 is 2.59 bits per heavy atom. The number of hydrogen-bond donors (Lipinski definition) is 1. The molecule has 0 atom stereocenters. The van der Waals surface area contributed by atoms with E-state index in [0.29, 0.717) is 12.0 Å². The van der Waals surface area contributed by atoms with Crippen LogP contribution in [0.3, 0.4) is 0 Å². The van der Waals surface area contributed by atoms with E-state index >= 15 is 0 Å². The van der Waals surface area contributed by atoms with Crippen molar-refractivity contribution in [3.63, 3.8) is 0 Å². The van der Waals surface area contributed by atoms with Gasteiger partial charge in [0.1, 0.15) is 12.4 Å². The number of hydrogen-bond acceptors (Lipinski definition) is 4. The lowest BCUT2D eigenvalue weighted by molar-refractivity contribution is -0.144. The van der Waals surface area contributed by atoms with E-state index in [1.54, 1.807) is 6.20 Å². The molecule has 5 nitrogen and oxygen atoms in total. The van der Waals surface area contributed by atoms with Crippen molar-refractivity contribution in [2.24, 2.45) is 0 Å². The highest BCUT2D eigenvalue weighted by molar-refractivity contribution is 7.09. The van der Waals surface area contributed by atoms with Gasteiger partial charge in [-0.1, -0.05) is 12.1 Å². The first-order chi connectivity index (χ1) is 10.5. The molecule has 22 heavy (non-hydrogen) atoms. The molecule has 116 valence electrons. The zero-order chi connectivity index (χ0) is 15.9. The molecule has 0 spiro atoms. The third kappa shape index (κ3) is 4.92. The molecule has 0 aliphatic carbocycles. The third-order valence-corrected chi connectivity index (χ3v) is 3.84. The number of aryl methyl sites for hydroxylation is 1. The lowest BCUT2D eigenvalue weighted by atomic mass is 10.2. The fourth-order valence-electron chi connectivity index (χ4n) is 1.95. The van der Waals surface area contributed by atoms with E-state index in [-0.39, 0.29) is 31.2 Å². The number of nitrogens with zero attached hydrogens (tertiary/aromatic N) is 2. The lowest BCUT2D eigenvalue weighted by Crippen LogP contribution is -2.35. The van der Waals surface area contributed by atoms with Crippen molar-refractivity contribution in [3.8, 4) is 0 Å². The molecule has 0 saturated heterocycles. The number of aromatic nitrogens is 1. The maximum absolute atomic E-state index is 12.9. The van der Waals surface area contributed by atoms with Gasteiger partial charge < -0.3 is 10.0 Å². The number of carbonyl (C=O) groups excluding carboxylic acids is 1. The molecular formula is C15H15FN2O3S. The van der Waals surface area contributed by atoms with E-state index in [1.807, 2.05) is 5.38 Å². The molecule has 0 radical (unpaired) electrons. The summed E-state index contributed by atoms with van der Waals surface area (Å²) in [6.07, 6.45) is 2.34. The summed E-state index contributed by atoms with van der Waals surface area (Å²) in [4.78, 5) is 28.5. The van der Waals surface area contributed by atoms with Gasteiger partial charge in [-0.25, -0.2) is 9.37 Å². The maximum atomic E-state index is 12.9. The fourth-order valence-corrected chi connectivity index (χ4v) is 2.57. The van der Waals surface area contributed by atoms with Crippen molar-refractivity contribution >= 4 is 23.2 Å². The van der Waals surface area contributed by atoms with Gasteiger partial charge in [0, 0.05) is 31.0 Å². The maximum Gasteiger partial charge on any atom is 0.323 e. The summed E-state index contributed by atoms with van der Waals surface area (Å²) in [5.41, 5.74) is 0.685. The van der Waals surface area contributed by atoms with Crippen LogP contribution in [0.1, 0.15) is 17.0 Å². The zero-order valence-corrected chi connectivity index (χ0v) is 12.6. The summed E-state index contributed by atoms with van der Waals surface area (Å²) in [6.45, 7) is -0.239. The molecule has 2 aromatic rings. The van der Waals surface area contributed by atoms with Crippen LogP contribution in [-0.2, 0) is 22.6 Å². The van der Waals surface area contributed by atoms with Crippen LogP contribution in [0.4, 0.5) is 4.39 Å². The van der Waals surface area contributed by atoms with Gasteiger partial charge in [0.2, 0.25) is 5.91 Å². The van der Waals surface area contributed by atoms with Crippen LogP contribution in [-0.4, -0.2) is 33.4 Å². The van der Waals surface area contributed by atoms with Crippen LogP contribution in [0.25, 0.3) is 0 Å². The van der Waals surface area contributed by atoms with Crippen molar-refractivity contribution in [2.75, 3.05) is 6.54 Å². The van der Waals surface area contributed by atoms with Gasteiger partial charge in [0.25, 0.3) is 0 Å². The molecule has 0 bridgehead atoms. The smallest absolute Gasteiger partial charge is 0.323 e. The minimum absolute atomic E-state index is 0.142. The van der Waals surface area contributed by atoms with Crippen LogP contribution in [0.5, 0.6) is 0 Å². The Bertz CT molecular complexity index is 629. The van der Waals surface area contributed by atoms with Crippen LogP contribution >= 0.6 is 11.3 Å². The summed E-state index contributed by atoms with van der Waals surface area (Å²) in [5, 5.41) is 11.6. The Labute approximate surface area is 131 Å². The lowest BCUT2D eigenvalue weighted by Gasteiger charge is -2.20. The number of aliphatic carboxylic acids is 1. The molecule has 0 aliphatic rings. The van der Waals surface area contributed by atoms with E-state index < -0.39 is 5.97 Å². The van der Waals surface area contributed by atoms with E-state index in [2.05, 4.69) is 4.98 Å². The summed E-state index contributed by atoms with van der Waals surface area (Å²) in [5.74, 6) is -1.71. The highest BCUT2D eigenvalue weighted by Crippen LogP contribution is 2.11. The standard InChI is InChI=1S/C15H15FN2O3S/c16-12-3-1-11(2-4-12)9-18(10-15(20)21)14(19)6-5-13-17-7-8-22-13/h1-4,7-8H,5-6,9-10H2,(H,20,21). The molecule has 1 amide bonds. The second-order valence-corrected chi connectivity index (χ2v) is 5.67. The quantitative estimate of drug-likeness (QED) is 0.849. The molecule has 1 aromatic heterocycles. The molecule has 0 saturated carbocycles. The SMILES string of the molecule is O=C(O)CN(Cc1ccc(F)cc1)C(=O)CCc1nccs1. The monoisotopic (exact) mass is 322 g/mol. The first kappa shape index (κ1) is 16.1. The number of carboxylic acids is 1. The summed E-state index contributed by atoms with van der Waals surface area (Å²) in [6, 6.07) is 5.65. The molecule has 0 fully saturated rings. The predicted octanol–water partition coefficient (Wildman–Crippen LogP) is 2.33. The van der Waals surface area contributed by atoms with Gasteiger partial charge in [0.05, 0.1) is 5.01 Å². The highest BCUT2D eigenvalue weighted by Gasteiger charge is 2.17. The van der Waals surface area contributed by atoms with Crippen LogP contribution in [0.2, 0.25) is 0 Å². The highest BCUT2D eigenvalue weighted by atomic mass is 32.1. The molecule has 2 rings (SSSR count). The topological polar surface area (TPSA) is 70.5 Å². The average molecular weight is 322 g/mol.